The second kappa shape index (κ2) is 5.12. The molecular weight excluding hydrogens is 302 g/mol. The van der Waals surface area contributed by atoms with Crippen molar-refractivity contribution in [1.29, 1.82) is 0 Å². The van der Waals surface area contributed by atoms with E-state index in [1.165, 1.54) is 12.1 Å². The van der Waals surface area contributed by atoms with Gasteiger partial charge in [0.25, 0.3) is 12.4 Å². The van der Waals surface area contributed by atoms with Crippen LogP contribution in [0.3, 0.4) is 0 Å². The van der Waals surface area contributed by atoms with Crippen molar-refractivity contribution in [1.82, 2.24) is 0 Å². The number of aliphatic imine (C=N–C) groups is 1. The van der Waals surface area contributed by atoms with Gasteiger partial charge >= 0.3 is 6.18 Å². The van der Waals surface area contributed by atoms with Crippen LogP contribution in [-0.4, -0.2) is 24.7 Å². The van der Waals surface area contributed by atoms with Gasteiger partial charge in [-0.1, -0.05) is 18.2 Å². The van der Waals surface area contributed by atoms with Crippen molar-refractivity contribution in [2.45, 2.75) is 30.7 Å². The number of hydrogen-bond acceptors (Lipinski definition) is 3. The second-order valence-corrected chi connectivity index (χ2v) is 4.51. The van der Waals surface area contributed by atoms with E-state index in [2.05, 4.69) is 9.73 Å². The summed E-state index contributed by atoms with van der Waals surface area (Å²) >= 11 is 0. The Morgan fingerprint density at radius 2 is 1.90 bits per heavy atom. The molecule has 0 aromatic heterocycles. The van der Waals surface area contributed by atoms with Gasteiger partial charge in [-0.15, -0.1) is 0 Å². The molecule has 9 heteroatoms. The van der Waals surface area contributed by atoms with E-state index in [1.54, 1.807) is 0 Å². The zero-order valence-corrected chi connectivity index (χ0v) is 10.4. The molecule has 21 heavy (non-hydrogen) atoms. The van der Waals surface area contributed by atoms with Crippen molar-refractivity contribution < 1.29 is 31.1 Å². The van der Waals surface area contributed by atoms with E-state index in [-0.39, 0.29) is 0 Å². The number of ether oxygens (including phenoxy) is 1. The average molecular weight is 312 g/mol. The van der Waals surface area contributed by atoms with Crippen molar-refractivity contribution in [3.05, 3.63) is 35.6 Å². The summed E-state index contributed by atoms with van der Waals surface area (Å²) in [5, 5.41) is 0. The number of benzene rings is 1. The number of rotatable bonds is 2. The van der Waals surface area contributed by atoms with Crippen molar-refractivity contribution in [2.75, 3.05) is 0 Å². The summed E-state index contributed by atoms with van der Waals surface area (Å²) in [7, 11) is 0. The highest BCUT2D eigenvalue weighted by Gasteiger charge is 2.55. The van der Waals surface area contributed by atoms with Crippen LogP contribution in [0.15, 0.2) is 29.3 Å². The van der Waals surface area contributed by atoms with Crippen LogP contribution in [0.2, 0.25) is 0 Å². The summed E-state index contributed by atoms with van der Waals surface area (Å²) < 4.78 is 83.2. The van der Waals surface area contributed by atoms with Gasteiger partial charge in [0.05, 0.1) is 0 Å². The Hall–Kier alpha value is -1.93. The van der Waals surface area contributed by atoms with E-state index < -0.39 is 48.1 Å². The Kier molecular flexibility index (Phi) is 3.77. The van der Waals surface area contributed by atoms with Gasteiger partial charge in [-0.25, -0.2) is 18.2 Å². The summed E-state index contributed by atoms with van der Waals surface area (Å²) in [5.41, 5.74) is 1.71. The molecule has 0 aliphatic carbocycles. The summed E-state index contributed by atoms with van der Waals surface area (Å²) in [6.45, 7) is 0. The maximum Gasteiger partial charge on any atom is 0.425 e. The highest BCUT2D eigenvalue weighted by Crippen LogP contribution is 2.44. The number of amidine groups is 1. The fourth-order valence-electron chi connectivity index (χ4n) is 2.16. The Bertz CT molecular complexity index is 559. The second-order valence-electron chi connectivity index (χ2n) is 4.51. The lowest BCUT2D eigenvalue weighted by Crippen LogP contribution is -2.50. The standard InChI is InChI=1S/C12H10F6N2O/c13-7-4-2-1-3-6(7)11(9(14)15)5-8(12(16,17)18)21-10(19)20-11/h1-4,8-9H,5H2,(H2,19,20). The van der Waals surface area contributed by atoms with Crippen molar-refractivity contribution in [3.63, 3.8) is 0 Å². The fourth-order valence-corrected chi connectivity index (χ4v) is 2.16. The molecule has 1 aromatic rings. The lowest BCUT2D eigenvalue weighted by atomic mass is 9.84. The molecule has 2 unspecified atom stereocenters. The molecule has 0 saturated heterocycles. The van der Waals surface area contributed by atoms with Gasteiger partial charge in [0.2, 0.25) is 0 Å². The van der Waals surface area contributed by atoms with E-state index in [0.717, 1.165) is 12.1 Å². The van der Waals surface area contributed by atoms with E-state index in [9.17, 15) is 26.3 Å². The van der Waals surface area contributed by atoms with Crippen molar-refractivity contribution in [2.24, 2.45) is 10.7 Å². The molecule has 116 valence electrons. The monoisotopic (exact) mass is 312 g/mol. The lowest BCUT2D eigenvalue weighted by molar-refractivity contribution is -0.213. The van der Waals surface area contributed by atoms with E-state index in [0.29, 0.717) is 0 Å². The van der Waals surface area contributed by atoms with Crippen LogP contribution in [-0.2, 0) is 10.3 Å². The number of halogens is 6. The van der Waals surface area contributed by atoms with Gasteiger partial charge in [-0.3, -0.25) is 0 Å². The van der Waals surface area contributed by atoms with Crippen molar-refractivity contribution in [3.8, 4) is 0 Å². The highest BCUT2D eigenvalue weighted by atomic mass is 19.4. The molecule has 0 spiro atoms. The molecule has 0 fully saturated rings. The SMILES string of the molecule is NC1=NC(c2ccccc2F)(C(F)F)CC(C(F)(F)F)O1. The molecule has 0 radical (unpaired) electrons. The summed E-state index contributed by atoms with van der Waals surface area (Å²) in [5.74, 6) is -1.09. The molecule has 1 aromatic carbocycles. The van der Waals surface area contributed by atoms with Crippen LogP contribution in [0.5, 0.6) is 0 Å². The lowest BCUT2D eigenvalue weighted by Gasteiger charge is -2.37. The van der Waals surface area contributed by atoms with Crippen LogP contribution in [0.1, 0.15) is 12.0 Å². The first-order chi connectivity index (χ1) is 9.67. The maximum atomic E-state index is 13.8. The van der Waals surface area contributed by atoms with Gasteiger partial charge in [0, 0.05) is 12.0 Å². The van der Waals surface area contributed by atoms with Crippen LogP contribution >= 0.6 is 0 Å². The average Bonchev–Trinajstić information content (AvgIpc) is 2.37. The normalized spacial score (nSPS) is 26.4. The first-order valence-electron chi connectivity index (χ1n) is 5.78. The number of hydrogen-bond donors (Lipinski definition) is 1. The van der Waals surface area contributed by atoms with Gasteiger partial charge in [-0.2, -0.15) is 13.2 Å². The summed E-state index contributed by atoms with van der Waals surface area (Å²) in [6.07, 6.45) is -12.1. The molecule has 1 aliphatic rings. The Balaban J connectivity index is 2.58. The van der Waals surface area contributed by atoms with Crippen LogP contribution < -0.4 is 5.73 Å². The zero-order chi connectivity index (χ0) is 15.8. The van der Waals surface area contributed by atoms with Gasteiger partial charge in [0.15, 0.2) is 11.6 Å². The fraction of sp³-hybridized carbons (Fsp3) is 0.417. The van der Waals surface area contributed by atoms with E-state index in [1.807, 2.05) is 0 Å². The first kappa shape index (κ1) is 15.5. The zero-order valence-electron chi connectivity index (χ0n) is 10.4. The Morgan fingerprint density at radius 1 is 1.29 bits per heavy atom. The molecule has 2 rings (SSSR count). The van der Waals surface area contributed by atoms with Gasteiger partial charge in [-0.05, 0) is 6.07 Å². The Labute approximate surface area is 115 Å². The van der Waals surface area contributed by atoms with E-state index in [4.69, 9.17) is 5.73 Å². The van der Waals surface area contributed by atoms with E-state index >= 15 is 0 Å². The number of nitrogens with two attached hydrogens (primary N) is 1. The van der Waals surface area contributed by atoms with Crippen LogP contribution in [0.4, 0.5) is 26.3 Å². The predicted molar refractivity (Wildman–Crippen MR) is 61.2 cm³/mol. The molecule has 2 atom stereocenters. The minimum absolute atomic E-state index is 0.652. The predicted octanol–water partition coefficient (Wildman–Crippen LogP) is 2.95. The minimum Gasteiger partial charge on any atom is -0.452 e. The number of nitrogens with zero attached hydrogens (tertiary/aromatic N) is 1. The number of alkyl halides is 5. The topological polar surface area (TPSA) is 47.6 Å². The van der Waals surface area contributed by atoms with Gasteiger partial charge < -0.3 is 10.5 Å². The maximum absolute atomic E-state index is 13.8. The molecule has 1 heterocycles. The third kappa shape index (κ3) is 2.77. The third-order valence-electron chi connectivity index (χ3n) is 3.14. The molecule has 0 saturated carbocycles. The summed E-state index contributed by atoms with van der Waals surface area (Å²) in [4.78, 5) is 3.29. The summed E-state index contributed by atoms with van der Waals surface area (Å²) in [6, 6.07) is 3.23. The smallest absolute Gasteiger partial charge is 0.425 e. The highest BCUT2D eigenvalue weighted by molar-refractivity contribution is 5.73. The van der Waals surface area contributed by atoms with Crippen molar-refractivity contribution >= 4 is 6.02 Å². The molecular formula is C12H10F6N2O. The largest absolute Gasteiger partial charge is 0.452 e. The quantitative estimate of drug-likeness (QED) is 0.854. The minimum atomic E-state index is -4.92. The Morgan fingerprint density at radius 3 is 2.43 bits per heavy atom. The van der Waals surface area contributed by atoms with Crippen LogP contribution in [0, 0.1) is 5.82 Å². The molecule has 0 amide bonds. The molecule has 1 aliphatic heterocycles. The molecule has 2 N–H and O–H groups in total. The van der Waals surface area contributed by atoms with Gasteiger partial charge in [0.1, 0.15) is 5.82 Å². The third-order valence-corrected chi connectivity index (χ3v) is 3.14. The van der Waals surface area contributed by atoms with Crippen LogP contribution in [0.25, 0.3) is 0 Å². The first-order valence-corrected chi connectivity index (χ1v) is 5.78. The molecule has 3 nitrogen and oxygen atoms in total. The molecule has 0 bridgehead atoms.